The van der Waals surface area contributed by atoms with Gasteiger partial charge in [0.05, 0.1) is 5.92 Å². The highest BCUT2D eigenvalue weighted by Gasteiger charge is 2.27. The molecule has 8 heteroatoms. The maximum absolute atomic E-state index is 11.4. The van der Waals surface area contributed by atoms with Gasteiger partial charge in [-0.3, -0.25) is 9.59 Å². The Bertz CT molecular complexity index is 654. The second-order valence-corrected chi connectivity index (χ2v) is 5.37. The van der Waals surface area contributed by atoms with Crippen LogP contribution in [0.25, 0.3) is 0 Å². The minimum Gasteiger partial charge on any atom is -0.481 e. The molecule has 0 saturated heterocycles. The molecule has 0 bridgehead atoms. The number of rotatable bonds is 8. The fourth-order valence-corrected chi connectivity index (χ4v) is 2.56. The van der Waals surface area contributed by atoms with E-state index in [4.69, 9.17) is 5.73 Å². The third-order valence-electron chi connectivity index (χ3n) is 3.78. The van der Waals surface area contributed by atoms with Crippen LogP contribution in [0, 0.1) is 5.92 Å². The standard InChI is InChI=1S/C15H19N5O3/c1-2-3-11(15(22)23)8-12(14-17-19-20-18-14)9-4-6-10(7-5-9)13(16)21/h4-7,11-12H,2-3,8H2,1H3,(H2,16,21)(H,22,23)(H,17,18,19,20)/t11-,12-/m0/s1. The molecule has 1 amide bonds. The molecule has 1 aromatic carbocycles. The van der Waals surface area contributed by atoms with Crippen molar-refractivity contribution in [1.29, 1.82) is 0 Å². The van der Waals surface area contributed by atoms with E-state index in [1.165, 1.54) is 0 Å². The number of carboxylic acids is 1. The van der Waals surface area contributed by atoms with E-state index in [1.807, 2.05) is 6.92 Å². The van der Waals surface area contributed by atoms with Crippen LogP contribution < -0.4 is 5.73 Å². The van der Waals surface area contributed by atoms with Crippen LogP contribution in [-0.2, 0) is 4.79 Å². The first kappa shape index (κ1) is 16.6. The molecule has 2 rings (SSSR count). The van der Waals surface area contributed by atoms with E-state index in [9.17, 15) is 14.7 Å². The second kappa shape index (κ2) is 7.48. The van der Waals surface area contributed by atoms with E-state index in [2.05, 4.69) is 20.6 Å². The van der Waals surface area contributed by atoms with Crippen molar-refractivity contribution in [2.24, 2.45) is 11.7 Å². The maximum Gasteiger partial charge on any atom is 0.306 e. The fraction of sp³-hybridized carbons (Fsp3) is 0.400. The summed E-state index contributed by atoms with van der Waals surface area (Å²) >= 11 is 0. The summed E-state index contributed by atoms with van der Waals surface area (Å²) < 4.78 is 0. The van der Waals surface area contributed by atoms with Gasteiger partial charge in [0.25, 0.3) is 0 Å². The Hall–Kier alpha value is -2.77. The number of benzene rings is 1. The molecule has 0 unspecified atom stereocenters. The minimum atomic E-state index is -0.839. The number of hydrogen-bond acceptors (Lipinski definition) is 5. The van der Waals surface area contributed by atoms with Gasteiger partial charge < -0.3 is 10.8 Å². The van der Waals surface area contributed by atoms with Crippen LogP contribution in [0.4, 0.5) is 0 Å². The number of primary amides is 1. The van der Waals surface area contributed by atoms with Crippen molar-refractivity contribution in [1.82, 2.24) is 20.6 Å². The fourth-order valence-electron chi connectivity index (χ4n) is 2.56. The maximum atomic E-state index is 11.4. The van der Waals surface area contributed by atoms with E-state index in [-0.39, 0.29) is 5.92 Å². The zero-order valence-corrected chi connectivity index (χ0v) is 12.8. The average Bonchev–Trinajstić information content (AvgIpc) is 3.05. The summed E-state index contributed by atoms with van der Waals surface area (Å²) in [7, 11) is 0. The first-order valence-corrected chi connectivity index (χ1v) is 7.38. The zero-order valence-electron chi connectivity index (χ0n) is 12.8. The minimum absolute atomic E-state index is 0.316. The quantitative estimate of drug-likeness (QED) is 0.672. The molecule has 2 atom stereocenters. The molecule has 0 saturated carbocycles. The molecule has 4 N–H and O–H groups in total. The summed E-state index contributed by atoms with van der Waals surface area (Å²) in [5.74, 6) is -1.74. The van der Waals surface area contributed by atoms with Crippen LogP contribution in [-0.4, -0.2) is 37.6 Å². The lowest BCUT2D eigenvalue weighted by molar-refractivity contribution is -0.142. The smallest absolute Gasteiger partial charge is 0.306 e. The number of carboxylic acid groups (broad SMARTS) is 1. The van der Waals surface area contributed by atoms with Crippen LogP contribution in [0.2, 0.25) is 0 Å². The molecule has 0 aliphatic rings. The number of amides is 1. The van der Waals surface area contributed by atoms with Gasteiger partial charge in [-0.15, -0.1) is 10.2 Å². The number of aromatic amines is 1. The molecule has 23 heavy (non-hydrogen) atoms. The first-order chi connectivity index (χ1) is 11.0. The van der Waals surface area contributed by atoms with Crippen molar-refractivity contribution in [3.8, 4) is 0 Å². The van der Waals surface area contributed by atoms with Crippen molar-refractivity contribution >= 4 is 11.9 Å². The normalized spacial score (nSPS) is 13.4. The molecule has 8 nitrogen and oxygen atoms in total. The topological polar surface area (TPSA) is 135 Å². The van der Waals surface area contributed by atoms with Gasteiger partial charge in [0.1, 0.15) is 0 Å². The number of carbonyl (C=O) groups excluding carboxylic acids is 1. The monoisotopic (exact) mass is 317 g/mol. The van der Waals surface area contributed by atoms with Gasteiger partial charge in [0.15, 0.2) is 5.82 Å². The first-order valence-electron chi connectivity index (χ1n) is 7.38. The molecular formula is C15H19N5O3. The van der Waals surface area contributed by atoms with Crippen molar-refractivity contribution in [2.75, 3.05) is 0 Å². The number of carbonyl (C=O) groups is 2. The third kappa shape index (κ3) is 4.12. The summed E-state index contributed by atoms with van der Waals surface area (Å²) in [5, 5.41) is 23.3. The Morgan fingerprint density at radius 2 is 2.00 bits per heavy atom. The van der Waals surface area contributed by atoms with Crippen molar-refractivity contribution in [2.45, 2.75) is 32.1 Å². The van der Waals surface area contributed by atoms with Gasteiger partial charge >= 0.3 is 5.97 Å². The van der Waals surface area contributed by atoms with E-state index in [1.54, 1.807) is 24.3 Å². The lowest BCUT2D eigenvalue weighted by Gasteiger charge is -2.18. The highest BCUT2D eigenvalue weighted by Crippen LogP contribution is 2.30. The Labute approximate surface area is 133 Å². The summed E-state index contributed by atoms with van der Waals surface area (Å²) in [6.45, 7) is 1.95. The Morgan fingerprint density at radius 3 is 2.48 bits per heavy atom. The Balaban J connectivity index is 2.31. The lowest BCUT2D eigenvalue weighted by Crippen LogP contribution is -2.19. The van der Waals surface area contributed by atoms with Gasteiger partial charge in [-0.25, -0.2) is 0 Å². The molecule has 1 heterocycles. The van der Waals surface area contributed by atoms with Crippen LogP contribution in [0.3, 0.4) is 0 Å². The lowest BCUT2D eigenvalue weighted by atomic mass is 9.86. The molecule has 0 aliphatic heterocycles. The van der Waals surface area contributed by atoms with Crippen LogP contribution in [0.1, 0.15) is 53.8 Å². The summed E-state index contributed by atoms with van der Waals surface area (Å²) in [6.07, 6.45) is 1.71. The average molecular weight is 317 g/mol. The predicted octanol–water partition coefficient (Wildman–Crippen LogP) is 1.32. The number of nitrogens with two attached hydrogens (primary N) is 1. The van der Waals surface area contributed by atoms with Crippen molar-refractivity contribution in [3.05, 3.63) is 41.2 Å². The van der Waals surface area contributed by atoms with Crippen molar-refractivity contribution in [3.63, 3.8) is 0 Å². The summed E-state index contributed by atoms with van der Waals surface area (Å²) in [6, 6.07) is 6.71. The zero-order chi connectivity index (χ0) is 16.8. The Morgan fingerprint density at radius 1 is 1.30 bits per heavy atom. The molecule has 0 aliphatic carbocycles. The molecule has 1 aromatic heterocycles. The van der Waals surface area contributed by atoms with Gasteiger partial charge in [-0.2, -0.15) is 5.21 Å². The van der Waals surface area contributed by atoms with Gasteiger partial charge in [0.2, 0.25) is 5.91 Å². The number of nitrogens with one attached hydrogen (secondary N) is 1. The van der Waals surface area contributed by atoms with Crippen LogP contribution in [0.5, 0.6) is 0 Å². The highest BCUT2D eigenvalue weighted by atomic mass is 16.4. The number of nitrogens with zero attached hydrogens (tertiary/aromatic N) is 3. The highest BCUT2D eigenvalue weighted by molar-refractivity contribution is 5.92. The van der Waals surface area contributed by atoms with Crippen LogP contribution in [0.15, 0.2) is 24.3 Å². The number of tetrazole rings is 1. The largest absolute Gasteiger partial charge is 0.481 e. The molecule has 122 valence electrons. The molecule has 2 aromatic rings. The van der Waals surface area contributed by atoms with Crippen LogP contribution >= 0.6 is 0 Å². The molecule has 0 fully saturated rings. The van der Waals surface area contributed by atoms with E-state index >= 15 is 0 Å². The number of aromatic nitrogens is 4. The number of H-pyrrole nitrogens is 1. The van der Waals surface area contributed by atoms with Gasteiger partial charge in [0, 0.05) is 11.5 Å². The Kier molecular flexibility index (Phi) is 5.40. The van der Waals surface area contributed by atoms with E-state index < -0.39 is 17.8 Å². The summed E-state index contributed by atoms with van der Waals surface area (Å²) in [4.78, 5) is 22.6. The molecule has 0 spiro atoms. The van der Waals surface area contributed by atoms with Crippen molar-refractivity contribution < 1.29 is 14.7 Å². The third-order valence-corrected chi connectivity index (χ3v) is 3.78. The van der Waals surface area contributed by atoms with Gasteiger partial charge in [-0.05, 0) is 30.5 Å². The predicted molar refractivity (Wildman–Crippen MR) is 81.6 cm³/mol. The molecular weight excluding hydrogens is 298 g/mol. The second-order valence-electron chi connectivity index (χ2n) is 5.37. The number of hydrogen-bond donors (Lipinski definition) is 3. The molecule has 0 radical (unpaired) electrons. The summed E-state index contributed by atoms with van der Waals surface area (Å²) in [5.41, 5.74) is 6.45. The number of aliphatic carboxylic acids is 1. The van der Waals surface area contributed by atoms with E-state index in [0.717, 1.165) is 12.0 Å². The van der Waals surface area contributed by atoms with Gasteiger partial charge in [-0.1, -0.05) is 30.7 Å². The van der Waals surface area contributed by atoms with E-state index in [0.29, 0.717) is 24.2 Å². The SMILES string of the molecule is CCC[C@@H](C[C@@H](c1ccc(C(N)=O)cc1)c1nn[nH]n1)C(=O)O.